The van der Waals surface area contributed by atoms with Crippen LogP contribution in [-0.2, 0) is 31.8 Å². The molecule has 1 aromatic heterocycles. The Morgan fingerprint density at radius 3 is 2.47 bits per heavy atom. The van der Waals surface area contributed by atoms with Crippen LogP contribution in [0.5, 0.6) is 5.75 Å². The number of amides is 2. The third kappa shape index (κ3) is 8.07. The third-order valence-corrected chi connectivity index (χ3v) is 8.86. The van der Waals surface area contributed by atoms with Gasteiger partial charge in [-0.2, -0.15) is 15.4 Å². The number of rotatable bonds is 13. The van der Waals surface area contributed by atoms with Gasteiger partial charge in [0.2, 0.25) is 0 Å². The lowest BCUT2D eigenvalue weighted by molar-refractivity contribution is -0.124. The minimum Gasteiger partial charge on any atom is -0.483 e. The molecule has 0 spiro atoms. The van der Waals surface area contributed by atoms with Crippen molar-refractivity contribution in [3.63, 3.8) is 0 Å². The van der Waals surface area contributed by atoms with E-state index in [0.717, 1.165) is 34.2 Å². The number of alkyl carbamates (subject to hydrolysis) is 1. The summed E-state index contributed by atoms with van der Waals surface area (Å²) >= 11 is 0. The standard InChI is InChI=1S/C35H41N5O7/c1-21-15-28-32(39-40-38-28)22(2)33(21)45-20-31(42)36-25(16-23-9-5-3-6-10-23)18-29(41)27(17-24-11-7-4-8-12-24)37-35(43)47-30-19-46-34-26(30)13-14-44-34/h3-12,15,25-27,29-30,34,41H,13-14,16-20H2,1-2H3,(H,36,42)(H,37,43)(H,38,39,40)/t25-,26-,27-,29-,30-,34+/m0/s1. The second kappa shape index (κ2) is 14.9. The Bertz CT molecular complexity index is 1650. The molecule has 0 saturated carbocycles. The molecule has 2 amide bonds. The zero-order chi connectivity index (χ0) is 32.8. The summed E-state index contributed by atoms with van der Waals surface area (Å²) in [5.74, 6) is 0.241. The molecule has 4 aromatic rings. The summed E-state index contributed by atoms with van der Waals surface area (Å²) in [6.45, 7) is 4.40. The van der Waals surface area contributed by atoms with Gasteiger partial charge in [-0.05, 0) is 62.3 Å². The average Bonchev–Trinajstić information content (AvgIpc) is 3.81. The first-order valence-electron chi connectivity index (χ1n) is 16.0. The maximum atomic E-state index is 13.3. The van der Waals surface area contributed by atoms with E-state index < -0.39 is 30.4 Å². The van der Waals surface area contributed by atoms with Gasteiger partial charge in [-0.15, -0.1) is 0 Å². The second-order valence-corrected chi connectivity index (χ2v) is 12.3. The first kappa shape index (κ1) is 32.4. The van der Waals surface area contributed by atoms with Gasteiger partial charge in [-0.1, -0.05) is 60.7 Å². The number of fused-ring (bicyclic) bond motifs is 2. The highest BCUT2D eigenvalue weighted by Gasteiger charge is 2.44. The van der Waals surface area contributed by atoms with Crippen LogP contribution in [0.25, 0.3) is 11.0 Å². The maximum absolute atomic E-state index is 13.3. The van der Waals surface area contributed by atoms with Crippen molar-refractivity contribution in [3.8, 4) is 5.75 Å². The van der Waals surface area contributed by atoms with Crippen LogP contribution in [0, 0.1) is 19.8 Å². The first-order chi connectivity index (χ1) is 22.8. The highest BCUT2D eigenvalue weighted by atomic mass is 16.7. The number of aromatic amines is 1. The van der Waals surface area contributed by atoms with E-state index in [1.807, 2.05) is 80.6 Å². The molecule has 248 valence electrons. The molecule has 0 unspecified atom stereocenters. The molecule has 3 heterocycles. The van der Waals surface area contributed by atoms with Crippen molar-refractivity contribution < 1.29 is 33.6 Å². The van der Waals surface area contributed by atoms with Crippen molar-refractivity contribution in [2.45, 2.75) is 70.1 Å². The van der Waals surface area contributed by atoms with Crippen LogP contribution in [-0.4, -0.2) is 82.9 Å². The van der Waals surface area contributed by atoms with E-state index in [2.05, 4.69) is 26.0 Å². The molecular formula is C35H41N5O7. The van der Waals surface area contributed by atoms with Crippen molar-refractivity contribution in [2.24, 2.45) is 5.92 Å². The van der Waals surface area contributed by atoms with Gasteiger partial charge in [0.15, 0.2) is 12.9 Å². The monoisotopic (exact) mass is 643 g/mol. The number of aromatic nitrogens is 3. The number of ether oxygens (including phenoxy) is 4. The SMILES string of the molecule is Cc1cc2n[nH]nc2c(C)c1OCC(=O)N[C@@H](Cc1ccccc1)C[C@H](O)[C@H](Cc1ccccc1)NC(=O)O[C@H]1CO[C@H]2OCC[C@H]21. The van der Waals surface area contributed by atoms with Gasteiger partial charge in [0.1, 0.15) is 22.9 Å². The van der Waals surface area contributed by atoms with Gasteiger partial charge in [-0.25, -0.2) is 4.79 Å². The third-order valence-electron chi connectivity index (χ3n) is 8.86. The van der Waals surface area contributed by atoms with E-state index in [1.54, 1.807) is 0 Å². The predicted octanol–water partition coefficient (Wildman–Crippen LogP) is 3.53. The smallest absolute Gasteiger partial charge is 0.407 e. The van der Waals surface area contributed by atoms with Gasteiger partial charge in [0.25, 0.3) is 5.91 Å². The van der Waals surface area contributed by atoms with Gasteiger partial charge in [-0.3, -0.25) is 4.79 Å². The zero-order valence-corrected chi connectivity index (χ0v) is 26.6. The predicted molar refractivity (Wildman–Crippen MR) is 173 cm³/mol. The Kier molecular flexibility index (Phi) is 10.3. The summed E-state index contributed by atoms with van der Waals surface area (Å²) in [5, 5.41) is 28.6. The summed E-state index contributed by atoms with van der Waals surface area (Å²) < 4.78 is 22.9. The summed E-state index contributed by atoms with van der Waals surface area (Å²) in [6, 6.07) is 20.1. The van der Waals surface area contributed by atoms with Crippen molar-refractivity contribution >= 4 is 23.0 Å². The lowest BCUT2D eigenvalue weighted by atomic mass is 9.93. The van der Waals surface area contributed by atoms with Gasteiger partial charge in [0, 0.05) is 11.6 Å². The van der Waals surface area contributed by atoms with Gasteiger partial charge >= 0.3 is 6.09 Å². The molecule has 4 N–H and O–H groups in total. The largest absolute Gasteiger partial charge is 0.483 e. The van der Waals surface area contributed by atoms with E-state index >= 15 is 0 Å². The summed E-state index contributed by atoms with van der Waals surface area (Å²) in [5.41, 5.74) is 4.98. The number of hydrogen-bond acceptors (Lipinski definition) is 9. The molecule has 0 aliphatic carbocycles. The summed E-state index contributed by atoms with van der Waals surface area (Å²) in [4.78, 5) is 26.4. The molecule has 2 saturated heterocycles. The number of carbonyl (C=O) groups excluding carboxylic acids is 2. The fourth-order valence-electron chi connectivity index (χ4n) is 6.49. The minimum atomic E-state index is -1.01. The zero-order valence-electron chi connectivity index (χ0n) is 26.6. The maximum Gasteiger partial charge on any atom is 0.407 e. The Balaban J connectivity index is 1.14. The fraction of sp³-hybridized carbons (Fsp3) is 0.429. The lowest BCUT2D eigenvalue weighted by Crippen LogP contribution is -2.50. The van der Waals surface area contributed by atoms with Gasteiger partial charge in [0.05, 0.1) is 31.3 Å². The fourth-order valence-corrected chi connectivity index (χ4v) is 6.49. The number of nitrogens with one attached hydrogen (secondary N) is 3. The number of aryl methyl sites for hydroxylation is 2. The molecule has 2 aliphatic rings. The molecule has 2 aliphatic heterocycles. The number of carbonyl (C=O) groups is 2. The molecule has 12 heteroatoms. The Morgan fingerprint density at radius 2 is 1.72 bits per heavy atom. The number of aliphatic hydroxyl groups is 1. The van der Waals surface area contributed by atoms with E-state index in [1.165, 1.54) is 0 Å². The number of aliphatic hydroxyl groups excluding tert-OH is 1. The molecule has 0 radical (unpaired) electrons. The van der Waals surface area contributed by atoms with Crippen molar-refractivity contribution in [1.82, 2.24) is 26.0 Å². The number of benzene rings is 3. The average molecular weight is 644 g/mol. The Labute approximate surface area is 273 Å². The molecule has 0 bridgehead atoms. The topological polar surface area (TPSA) is 157 Å². The van der Waals surface area contributed by atoms with Crippen molar-refractivity contribution in [3.05, 3.63) is 89.0 Å². The Morgan fingerprint density at radius 1 is 1.00 bits per heavy atom. The molecule has 12 nitrogen and oxygen atoms in total. The highest BCUT2D eigenvalue weighted by Crippen LogP contribution is 2.33. The van der Waals surface area contributed by atoms with E-state index in [0.29, 0.717) is 30.7 Å². The van der Waals surface area contributed by atoms with E-state index in [-0.39, 0.29) is 37.7 Å². The highest BCUT2D eigenvalue weighted by molar-refractivity contribution is 5.82. The second-order valence-electron chi connectivity index (χ2n) is 12.3. The van der Waals surface area contributed by atoms with Gasteiger partial charge < -0.3 is 34.7 Å². The van der Waals surface area contributed by atoms with Crippen LogP contribution in [0.4, 0.5) is 4.79 Å². The van der Waals surface area contributed by atoms with E-state index in [4.69, 9.17) is 18.9 Å². The van der Waals surface area contributed by atoms with Crippen LogP contribution < -0.4 is 15.4 Å². The summed E-state index contributed by atoms with van der Waals surface area (Å²) in [6.07, 6.45) is -0.633. The molecule has 6 atom stereocenters. The molecule has 6 rings (SSSR count). The van der Waals surface area contributed by atoms with E-state index in [9.17, 15) is 14.7 Å². The molecule has 47 heavy (non-hydrogen) atoms. The number of hydrogen-bond donors (Lipinski definition) is 4. The normalized spacial score (nSPS) is 20.7. The van der Waals surface area contributed by atoms with Crippen molar-refractivity contribution in [2.75, 3.05) is 19.8 Å². The number of H-pyrrole nitrogens is 1. The summed E-state index contributed by atoms with van der Waals surface area (Å²) in [7, 11) is 0. The lowest BCUT2D eigenvalue weighted by Gasteiger charge is -2.29. The Hall–Kier alpha value is -4.52. The van der Waals surface area contributed by atoms with Crippen LogP contribution in [0.15, 0.2) is 66.7 Å². The van der Waals surface area contributed by atoms with Crippen LogP contribution in [0.1, 0.15) is 35.1 Å². The molecule has 2 fully saturated rings. The van der Waals surface area contributed by atoms with Crippen LogP contribution in [0.3, 0.4) is 0 Å². The van der Waals surface area contributed by atoms with Crippen LogP contribution in [0.2, 0.25) is 0 Å². The van der Waals surface area contributed by atoms with Crippen LogP contribution >= 0.6 is 0 Å². The number of nitrogens with zero attached hydrogens (tertiary/aromatic N) is 2. The molecular weight excluding hydrogens is 602 g/mol. The first-order valence-corrected chi connectivity index (χ1v) is 16.0. The minimum absolute atomic E-state index is 0.00336. The molecule has 3 aromatic carbocycles. The van der Waals surface area contributed by atoms with Crippen molar-refractivity contribution in [1.29, 1.82) is 0 Å². The quantitative estimate of drug-likeness (QED) is 0.171.